The van der Waals surface area contributed by atoms with E-state index in [0.717, 1.165) is 29.3 Å². The van der Waals surface area contributed by atoms with E-state index in [2.05, 4.69) is 29.8 Å². The van der Waals surface area contributed by atoms with Crippen LogP contribution >= 0.6 is 27.5 Å². The number of rotatable bonds is 5. The summed E-state index contributed by atoms with van der Waals surface area (Å²) in [5.74, 6) is 0.349. The third kappa shape index (κ3) is 4.42. The van der Waals surface area contributed by atoms with Gasteiger partial charge in [-0.3, -0.25) is 0 Å². The Morgan fingerprint density at radius 1 is 1.38 bits per heavy atom. The molecule has 16 heavy (non-hydrogen) atoms. The van der Waals surface area contributed by atoms with Gasteiger partial charge in [0.25, 0.3) is 0 Å². The van der Waals surface area contributed by atoms with Crippen LogP contribution in [0, 0.1) is 11.7 Å². The summed E-state index contributed by atoms with van der Waals surface area (Å²) in [4.78, 5) is 0. The van der Waals surface area contributed by atoms with Crippen LogP contribution in [0.4, 0.5) is 4.39 Å². The lowest BCUT2D eigenvalue weighted by molar-refractivity contribution is 0.539. The van der Waals surface area contributed by atoms with E-state index in [1.54, 1.807) is 0 Å². The highest BCUT2D eigenvalue weighted by Gasteiger charge is 2.10. The molecule has 0 aliphatic rings. The first-order valence-electron chi connectivity index (χ1n) is 5.58. The molecule has 0 heterocycles. The van der Waals surface area contributed by atoms with Gasteiger partial charge in [-0.1, -0.05) is 35.8 Å². The topological polar surface area (TPSA) is 0 Å². The zero-order chi connectivity index (χ0) is 12.1. The third-order valence-corrected chi connectivity index (χ3v) is 3.88. The van der Waals surface area contributed by atoms with Crippen molar-refractivity contribution in [3.05, 3.63) is 34.1 Å². The highest BCUT2D eigenvalue weighted by molar-refractivity contribution is 9.10. The molecule has 1 unspecified atom stereocenters. The quantitative estimate of drug-likeness (QED) is 0.658. The van der Waals surface area contributed by atoms with Crippen molar-refractivity contribution in [1.82, 2.24) is 0 Å². The highest BCUT2D eigenvalue weighted by Crippen LogP contribution is 2.20. The van der Waals surface area contributed by atoms with Crippen LogP contribution in [0.5, 0.6) is 0 Å². The molecule has 3 heteroatoms. The summed E-state index contributed by atoms with van der Waals surface area (Å²) in [6.07, 6.45) is 2.63. The van der Waals surface area contributed by atoms with Crippen molar-refractivity contribution >= 4 is 27.5 Å². The molecule has 0 spiro atoms. The van der Waals surface area contributed by atoms with Crippen molar-refractivity contribution < 1.29 is 4.39 Å². The summed E-state index contributed by atoms with van der Waals surface area (Å²) < 4.78 is 14.3. The normalized spacial score (nSPS) is 13.1. The first-order chi connectivity index (χ1) is 7.50. The number of benzene rings is 1. The van der Waals surface area contributed by atoms with Crippen molar-refractivity contribution in [2.45, 2.75) is 38.5 Å². The van der Waals surface area contributed by atoms with E-state index in [1.165, 1.54) is 6.07 Å². The SMILES string of the molecule is CC(C)C(Cl)CCCc1ccc(Br)cc1F. The summed E-state index contributed by atoms with van der Waals surface area (Å²) in [5, 5.41) is 0.193. The van der Waals surface area contributed by atoms with Gasteiger partial charge in [0.15, 0.2) is 0 Å². The predicted octanol–water partition coefficient (Wildman–Crippen LogP) is 5.17. The van der Waals surface area contributed by atoms with Crippen molar-refractivity contribution in [3.63, 3.8) is 0 Å². The van der Waals surface area contributed by atoms with Gasteiger partial charge in [0, 0.05) is 9.85 Å². The predicted molar refractivity (Wildman–Crippen MR) is 71.5 cm³/mol. The summed E-state index contributed by atoms with van der Waals surface area (Å²) in [6.45, 7) is 4.22. The van der Waals surface area contributed by atoms with E-state index in [-0.39, 0.29) is 11.2 Å². The molecule has 0 saturated carbocycles. The van der Waals surface area contributed by atoms with Gasteiger partial charge >= 0.3 is 0 Å². The second-order valence-corrected chi connectivity index (χ2v) is 5.86. The zero-order valence-electron chi connectivity index (χ0n) is 9.64. The van der Waals surface area contributed by atoms with Gasteiger partial charge in [-0.25, -0.2) is 4.39 Å². The molecular formula is C13H17BrClF. The van der Waals surface area contributed by atoms with Crippen LogP contribution in [-0.4, -0.2) is 5.38 Å². The monoisotopic (exact) mass is 306 g/mol. The fraction of sp³-hybridized carbons (Fsp3) is 0.538. The molecular weight excluding hydrogens is 290 g/mol. The molecule has 1 aromatic carbocycles. The molecule has 0 fully saturated rings. The minimum absolute atomic E-state index is 0.134. The number of alkyl halides is 1. The molecule has 1 atom stereocenters. The van der Waals surface area contributed by atoms with E-state index < -0.39 is 0 Å². The van der Waals surface area contributed by atoms with Gasteiger partial charge in [-0.05, 0) is 42.9 Å². The summed E-state index contributed by atoms with van der Waals surface area (Å²) in [6, 6.07) is 5.22. The van der Waals surface area contributed by atoms with Crippen LogP contribution < -0.4 is 0 Å². The first kappa shape index (κ1) is 14.0. The number of hydrogen-bond acceptors (Lipinski definition) is 0. The Kier molecular flexibility index (Phi) is 5.77. The van der Waals surface area contributed by atoms with Gasteiger partial charge in [0.1, 0.15) is 5.82 Å². The van der Waals surface area contributed by atoms with E-state index in [9.17, 15) is 4.39 Å². The molecule has 0 radical (unpaired) electrons. The maximum atomic E-state index is 13.5. The van der Waals surface area contributed by atoms with Crippen molar-refractivity contribution in [3.8, 4) is 0 Å². The lowest BCUT2D eigenvalue weighted by Gasteiger charge is -2.12. The zero-order valence-corrected chi connectivity index (χ0v) is 12.0. The maximum absolute atomic E-state index is 13.5. The Labute approximate surface area is 110 Å². The molecule has 1 rings (SSSR count). The Bertz CT molecular complexity index is 339. The summed E-state index contributed by atoms with van der Waals surface area (Å²) in [7, 11) is 0. The van der Waals surface area contributed by atoms with Crippen molar-refractivity contribution in [1.29, 1.82) is 0 Å². The van der Waals surface area contributed by atoms with Crippen LogP contribution in [0.15, 0.2) is 22.7 Å². The largest absolute Gasteiger partial charge is 0.207 e. The van der Waals surface area contributed by atoms with Crippen molar-refractivity contribution in [2.24, 2.45) is 5.92 Å². The smallest absolute Gasteiger partial charge is 0.127 e. The minimum atomic E-state index is -0.134. The Hall–Kier alpha value is -0.0800. The first-order valence-corrected chi connectivity index (χ1v) is 6.81. The van der Waals surface area contributed by atoms with Gasteiger partial charge in [0.2, 0.25) is 0 Å². The molecule has 1 aromatic rings. The average Bonchev–Trinajstić information content (AvgIpc) is 2.20. The van der Waals surface area contributed by atoms with Gasteiger partial charge in [-0.15, -0.1) is 11.6 Å². The minimum Gasteiger partial charge on any atom is -0.207 e. The van der Waals surface area contributed by atoms with E-state index in [1.807, 2.05) is 12.1 Å². The van der Waals surface area contributed by atoms with Crippen LogP contribution in [0.3, 0.4) is 0 Å². The lowest BCUT2D eigenvalue weighted by Crippen LogP contribution is -2.07. The molecule has 0 bridgehead atoms. The van der Waals surface area contributed by atoms with Crippen LogP contribution in [0.1, 0.15) is 32.3 Å². The fourth-order valence-electron chi connectivity index (χ4n) is 1.55. The van der Waals surface area contributed by atoms with Gasteiger partial charge in [0.05, 0.1) is 0 Å². The third-order valence-electron chi connectivity index (χ3n) is 2.66. The van der Waals surface area contributed by atoms with Gasteiger partial charge < -0.3 is 0 Å². The van der Waals surface area contributed by atoms with Crippen molar-refractivity contribution in [2.75, 3.05) is 0 Å². The second kappa shape index (κ2) is 6.61. The fourth-order valence-corrected chi connectivity index (χ4v) is 2.03. The van der Waals surface area contributed by atoms with Crippen LogP contribution in [0.25, 0.3) is 0 Å². The second-order valence-electron chi connectivity index (χ2n) is 4.39. The molecule has 0 amide bonds. The molecule has 90 valence electrons. The summed E-state index contributed by atoms with van der Waals surface area (Å²) >= 11 is 9.39. The molecule has 0 aliphatic carbocycles. The lowest BCUT2D eigenvalue weighted by atomic mass is 10.0. The number of halogens is 3. The number of hydrogen-bond donors (Lipinski definition) is 0. The Balaban J connectivity index is 2.43. The van der Waals surface area contributed by atoms with Crippen LogP contribution in [-0.2, 0) is 6.42 Å². The van der Waals surface area contributed by atoms with Gasteiger partial charge in [-0.2, -0.15) is 0 Å². The highest BCUT2D eigenvalue weighted by atomic mass is 79.9. The van der Waals surface area contributed by atoms with E-state index in [0.29, 0.717) is 5.92 Å². The van der Waals surface area contributed by atoms with E-state index >= 15 is 0 Å². The summed E-state index contributed by atoms with van der Waals surface area (Å²) in [5.41, 5.74) is 0.774. The van der Waals surface area contributed by atoms with E-state index in [4.69, 9.17) is 11.6 Å². The molecule has 0 aromatic heterocycles. The Morgan fingerprint density at radius 3 is 2.62 bits per heavy atom. The van der Waals surface area contributed by atoms with Crippen LogP contribution in [0.2, 0.25) is 0 Å². The Morgan fingerprint density at radius 2 is 2.06 bits per heavy atom. The number of aryl methyl sites for hydroxylation is 1. The molecule has 0 aliphatic heterocycles. The average molecular weight is 308 g/mol. The molecule has 0 nitrogen and oxygen atoms in total. The standard InChI is InChI=1S/C13H17BrClF/c1-9(2)12(15)5-3-4-10-6-7-11(14)8-13(10)16/h6-9,12H,3-5H2,1-2H3. The molecule has 0 N–H and O–H groups in total. The molecule has 0 saturated heterocycles. The maximum Gasteiger partial charge on any atom is 0.127 e.